The molecule has 2 nitrogen and oxygen atoms in total. The SMILES string of the molecule is CCCN(CC)Cc1cc(CNC(C)C)sc1C. The molecular weight excluding hydrogens is 240 g/mol. The van der Waals surface area contributed by atoms with Crippen LogP contribution in [-0.4, -0.2) is 24.0 Å². The Morgan fingerprint density at radius 3 is 2.61 bits per heavy atom. The summed E-state index contributed by atoms with van der Waals surface area (Å²) in [6, 6.07) is 2.94. The van der Waals surface area contributed by atoms with Crippen molar-refractivity contribution in [2.45, 2.75) is 60.2 Å². The molecule has 0 atom stereocenters. The van der Waals surface area contributed by atoms with Crippen LogP contribution in [-0.2, 0) is 13.1 Å². The summed E-state index contributed by atoms with van der Waals surface area (Å²) < 4.78 is 0. The predicted molar refractivity (Wildman–Crippen MR) is 82.3 cm³/mol. The van der Waals surface area contributed by atoms with E-state index in [1.54, 1.807) is 0 Å². The fourth-order valence-electron chi connectivity index (χ4n) is 2.04. The van der Waals surface area contributed by atoms with Gasteiger partial charge in [0.15, 0.2) is 0 Å². The van der Waals surface area contributed by atoms with E-state index in [9.17, 15) is 0 Å². The van der Waals surface area contributed by atoms with E-state index in [2.05, 4.69) is 50.9 Å². The van der Waals surface area contributed by atoms with Gasteiger partial charge >= 0.3 is 0 Å². The lowest BCUT2D eigenvalue weighted by atomic mass is 10.2. The van der Waals surface area contributed by atoms with Gasteiger partial charge in [-0.3, -0.25) is 4.90 Å². The molecule has 0 spiro atoms. The zero-order valence-electron chi connectivity index (χ0n) is 12.5. The van der Waals surface area contributed by atoms with Gasteiger partial charge in [-0.05, 0) is 38.1 Å². The third-order valence-corrected chi connectivity index (χ3v) is 4.23. The van der Waals surface area contributed by atoms with Crippen molar-refractivity contribution in [3.63, 3.8) is 0 Å². The quantitative estimate of drug-likeness (QED) is 0.772. The molecule has 0 saturated heterocycles. The Kier molecular flexibility index (Phi) is 6.90. The molecule has 0 aliphatic carbocycles. The van der Waals surface area contributed by atoms with Crippen LogP contribution in [0, 0.1) is 6.92 Å². The van der Waals surface area contributed by atoms with E-state index < -0.39 is 0 Å². The maximum absolute atomic E-state index is 3.49. The minimum Gasteiger partial charge on any atom is -0.310 e. The predicted octanol–water partition coefficient (Wildman–Crippen LogP) is 3.79. The van der Waals surface area contributed by atoms with Crippen LogP contribution >= 0.6 is 11.3 Å². The zero-order valence-corrected chi connectivity index (χ0v) is 13.4. The molecule has 0 unspecified atom stereocenters. The summed E-state index contributed by atoms with van der Waals surface area (Å²) in [5, 5.41) is 3.49. The molecule has 0 amide bonds. The molecule has 104 valence electrons. The molecule has 0 bridgehead atoms. The second-order valence-electron chi connectivity index (χ2n) is 5.20. The van der Waals surface area contributed by atoms with Crippen LogP contribution in [0.2, 0.25) is 0 Å². The van der Waals surface area contributed by atoms with Crippen LogP contribution in [0.5, 0.6) is 0 Å². The van der Waals surface area contributed by atoms with Crippen LogP contribution in [0.25, 0.3) is 0 Å². The molecule has 0 fully saturated rings. The lowest BCUT2D eigenvalue weighted by Crippen LogP contribution is -2.23. The first kappa shape index (κ1) is 15.7. The van der Waals surface area contributed by atoms with Gasteiger partial charge in [0, 0.05) is 28.9 Å². The van der Waals surface area contributed by atoms with Crippen molar-refractivity contribution < 1.29 is 0 Å². The van der Waals surface area contributed by atoms with Crippen molar-refractivity contribution in [1.82, 2.24) is 10.2 Å². The van der Waals surface area contributed by atoms with Gasteiger partial charge in [-0.1, -0.05) is 27.7 Å². The average molecular weight is 268 g/mol. The molecule has 0 saturated carbocycles. The fraction of sp³-hybridized carbons (Fsp3) is 0.733. The monoisotopic (exact) mass is 268 g/mol. The Labute approximate surface area is 116 Å². The molecule has 1 aromatic rings. The van der Waals surface area contributed by atoms with E-state index in [1.807, 2.05) is 11.3 Å². The van der Waals surface area contributed by atoms with E-state index in [1.165, 1.54) is 28.3 Å². The molecule has 0 aliphatic heterocycles. The molecule has 0 radical (unpaired) electrons. The van der Waals surface area contributed by atoms with Gasteiger partial charge in [0.05, 0.1) is 0 Å². The van der Waals surface area contributed by atoms with Crippen LogP contribution in [0.3, 0.4) is 0 Å². The van der Waals surface area contributed by atoms with E-state index in [4.69, 9.17) is 0 Å². The number of hydrogen-bond donors (Lipinski definition) is 1. The minimum atomic E-state index is 0.558. The highest BCUT2D eigenvalue weighted by Gasteiger charge is 2.09. The maximum Gasteiger partial charge on any atom is 0.0302 e. The summed E-state index contributed by atoms with van der Waals surface area (Å²) in [6.45, 7) is 15.6. The lowest BCUT2D eigenvalue weighted by Gasteiger charge is -2.19. The van der Waals surface area contributed by atoms with E-state index in [0.717, 1.165) is 19.6 Å². The van der Waals surface area contributed by atoms with Crippen molar-refractivity contribution >= 4 is 11.3 Å². The van der Waals surface area contributed by atoms with Crippen LogP contribution in [0.1, 0.15) is 49.4 Å². The van der Waals surface area contributed by atoms with E-state index >= 15 is 0 Å². The summed E-state index contributed by atoms with van der Waals surface area (Å²) in [4.78, 5) is 5.46. The first-order chi connectivity index (χ1) is 8.56. The van der Waals surface area contributed by atoms with Gasteiger partial charge in [-0.2, -0.15) is 0 Å². The highest BCUT2D eigenvalue weighted by Crippen LogP contribution is 2.23. The van der Waals surface area contributed by atoms with Gasteiger partial charge in [-0.25, -0.2) is 0 Å². The molecule has 0 aromatic carbocycles. The van der Waals surface area contributed by atoms with Crippen molar-refractivity contribution in [1.29, 1.82) is 0 Å². The number of aryl methyl sites for hydroxylation is 1. The standard InChI is InChI=1S/C15H28N2S/c1-6-8-17(7-2)11-14-9-15(18-13(14)5)10-16-12(3)4/h9,12,16H,6-8,10-11H2,1-5H3. The van der Waals surface area contributed by atoms with Crippen molar-refractivity contribution in [2.75, 3.05) is 13.1 Å². The number of nitrogens with one attached hydrogen (secondary N) is 1. The molecule has 18 heavy (non-hydrogen) atoms. The topological polar surface area (TPSA) is 15.3 Å². The van der Waals surface area contributed by atoms with Gasteiger partial charge in [-0.15, -0.1) is 11.3 Å². The molecule has 3 heteroatoms. The van der Waals surface area contributed by atoms with Gasteiger partial charge < -0.3 is 5.32 Å². The second-order valence-corrected chi connectivity index (χ2v) is 6.54. The summed E-state index contributed by atoms with van der Waals surface area (Å²) in [6.07, 6.45) is 1.23. The zero-order chi connectivity index (χ0) is 13.5. The normalized spacial score (nSPS) is 11.7. The Morgan fingerprint density at radius 2 is 2.06 bits per heavy atom. The highest BCUT2D eigenvalue weighted by atomic mass is 32.1. The van der Waals surface area contributed by atoms with Crippen molar-refractivity contribution in [2.24, 2.45) is 0 Å². The van der Waals surface area contributed by atoms with Gasteiger partial charge in [0.1, 0.15) is 0 Å². The largest absolute Gasteiger partial charge is 0.310 e. The molecular formula is C15H28N2S. The van der Waals surface area contributed by atoms with Crippen LogP contribution < -0.4 is 5.32 Å². The molecule has 1 rings (SSSR count). The number of nitrogens with zero attached hydrogens (tertiary/aromatic N) is 1. The molecule has 1 N–H and O–H groups in total. The first-order valence-corrected chi connectivity index (χ1v) is 7.92. The second kappa shape index (κ2) is 7.93. The Hall–Kier alpha value is -0.380. The smallest absolute Gasteiger partial charge is 0.0302 e. The van der Waals surface area contributed by atoms with Gasteiger partial charge in [0.25, 0.3) is 0 Å². The lowest BCUT2D eigenvalue weighted by molar-refractivity contribution is 0.280. The maximum atomic E-state index is 3.49. The number of hydrogen-bond acceptors (Lipinski definition) is 3. The van der Waals surface area contributed by atoms with Crippen molar-refractivity contribution in [3.05, 3.63) is 21.4 Å². The number of thiophene rings is 1. The number of rotatable bonds is 8. The van der Waals surface area contributed by atoms with E-state index in [-0.39, 0.29) is 0 Å². The van der Waals surface area contributed by atoms with Crippen LogP contribution in [0.15, 0.2) is 6.07 Å². The summed E-state index contributed by atoms with van der Waals surface area (Å²) >= 11 is 1.94. The highest BCUT2D eigenvalue weighted by molar-refractivity contribution is 7.12. The van der Waals surface area contributed by atoms with Crippen molar-refractivity contribution in [3.8, 4) is 0 Å². The summed E-state index contributed by atoms with van der Waals surface area (Å²) in [7, 11) is 0. The van der Waals surface area contributed by atoms with Gasteiger partial charge in [0.2, 0.25) is 0 Å². The fourth-order valence-corrected chi connectivity index (χ4v) is 3.05. The Balaban J connectivity index is 2.60. The Morgan fingerprint density at radius 1 is 1.33 bits per heavy atom. The first-order valence-electron chi connectivity index (χ1n) is 7.10. The third kappa shape index (κ3) is 5.09. The molecule has 1 aromatic heterocycles. The minimum absolute atomic E-state index is 0.558. The molecule has 0 aliphatic rings. The third-order valence-electron chi connectivity index (χ3n) is 3.14. The molecule has 1 heterocycles. The average Bonchev–Trinajstić information content (AvgIpc) is 2.67. The summed E-state index contributed by atoms with van der Waals surface area (Å²) in [5.41, 5.74) is 1.51. The van der Waals surface area contributed by atoms with E-state index in [0.29, 0.717) is 6.04 Å². The summed E-state index contributed by atoms with van der Waals surface area (Å²) in [5.74, 6) is 0. The van der Waals surface area contributed by atoms with Crippen LogP contribution in [0.4, 0.5) is 0 Å². The Bertz CT molecular complexity index is 344.